The van der Waals surface area contributed by atoms with Gasteiger partial charge in [0.05, 0.1) is 23.6 Å². The molecule has 0 amide bonds. The Bertz CT molecular complexity index is 634. The zero-order valence-electron chi connectivity index (χ0n) is 11.4. The molecule has 1 aliphatic carbocycles. The summed E-state index contributed by atoms with van der Waals surface area (Å²) in [6, 6.07) is 5.49. The van der Waals surface area contributed by atoms with Crippen LogP contribution in [-0.2, 0) is 0 Å². The summed E-state index contributed by atoms with van der Waals surface area (Å²) >= 11 is 0. The average Bonchev–Trinajstić information content (AvgIpc) is 3.02. The predicted octanol–water partition coefficient (Wildman–Crippen LogP) is 2.95. The predicted molar refractivity (Wildman–Crippen MR) is 74.2 cm³/mol. The number of anilines is 1. The van der Waals surface area contributed by atoms with Gasteiger partial charge in [0.2, 0.25) is 0 Å². The molecule has 0 radical (unpaired) electrons. The highest BCUT2D eigenvalue weighted by Gasteiger charge is 2.37. The van der Waals surface area contributed by atoms with Crippen LogP contribution in [0.1, 0.15) is 43.1 Å². The molecule has 0 spiro atoms. The zero-order valence-corrected chi connectivity index (χ0v) is 11.4. The van der Waals surface area contributed by atoms with Gasteiger partial charge in [-0.05, 0) is 30.9 Å². The van der Waals surface area contributed by atoms with Gasteiger partial charge in [-0.15, -0.1) is 0 Å². The quantitative estimate of drug-likeness (QED) is 0.914. The van der Waals surface area contributed by atoms with Gasteiger partial charge in [0.1, 0.15) is 11.6 Å². The van der Waals surface area contributed by atoms with Crippen molar-refractivity contribution in [2.24, 2.45) is 5.92 Å². The SMILES string of the molecule is CC1CC1c1cc2n(n1)C(c1ccc(F)cn1)CCN2. The Labute approximate surface area is 117 Å². The van der Waals surface area contributed by atoms with Crippen molar-refractivity contribution in [2.75, 3.05) is 11.9 Å². The Balaban J connectivity index is 1.70. The van der Waals surface area contributed by atoms with Gasteiger partial charge < -0.3 is 5.32 Å². The molecule has 4 nitrogen and oxygen atoms in total. The van der Waals surface area contributed by atoms with Gasteiger partial charge in [-0.3, -0.25) is 4.98 Å². The first-order valence-electron chi connectivity index (χ1n) is 7.17. The molecule has 3 atom stereocenters. The molecule has 0 aromatic carbocycles. The van der Waals surface area contributed by atoms with Gasteiger partial charge in [0.25, 0.3) is 0 Å². The van der Waals surface area contributed by atoms with Crippen LogP contribution in [-0.4, -0.2) is 21.3 Å². The van der Waals surface area contributed by atoms with Crippen molar-refractivity contribution in [1.29, 1.82) is 0 Å². The first-order valence-corrected chi connectivity index (χ1v) is 7.17. The zero-order chi connectivity index (χ0) is 13.7. The number of rotatable bonds is 2. The van der Waals surface area contributed by atoms with E-state index in [1.165, 1.54) is 24.4 Å². The number of nitrogens with zero attached hydrogens (tertiary/aromatic N) is 3. The minimum absolute atomic E-state index is 0.106. The second-order valence-electron chi connectivity index (χ2n) is 5.85. The first-order chi connectivity index (χ1) is 9.72. The Hall–Kier alpha value is -1.91. The van der Waals surface area contributed by atoms with Crippen LogP contribution in [0.2, 0.25) is 0 Å². The van der Waals surface area contributed by atoms with Crippen molar-refractivity contribution in [1.82, 2.24) is 14.8 Å². The number of nitrogens with one attached hydrogen (secondary N) is 1. The molecule has 2 aromatic rings. The van der Waals surface area contributed by atoms with Crippen molar-refractivity contribution >= 4 is 5.82 Å². The molecule has 104 valence electrons. The van der Waals surface area contributed by atoms with Crippen molar-refractivity contribution in [3.8, 4) is 0 Å². The van der Waals surface area contributed by atoms with E-state index >= 15 is 0 Å². The third kappa shape index (κ3) is 1.88. The lowest BCUT2D eigenvalue weighted by Crippen LogP contribution is -2.25. The average molecular weight is 272 g/mol. The molecule has 0 bridgehead atoms. The minimum atomic E-state index is -0.295. The molecule has 2 aliphatic rings. The van der Waals surface area contributed by atoms with E-state index in [0.29, 0.717) is 5.92 Å². The standard InChI is InChI=1S/C15H17FN4/c1-9-6-11(9)13-7-15-17-5-4-14(20(15)19-13)12-3-2-10(16)8-18-12/h2-3,7-9,11,14,17H,4-6H2,1H3. The fourth-order valence-electron chi connectivity index (χ4n) is 3.02. The van der Waals surface area contributed by atoms with Gasteiger partial charge in [-0.2, -0.15) is 5.10 Å². The highest BCUT2D eigenvalue weighted by atomic mass is 19.1. The van der Waals surface area contributed by atoms with Crippen LogP contribution in [0.3, 0.4) is 0 Å². The number of pyridine rings is 1. The topological polar surface area (TPSA) is 42.7 Å². The molecule has 1 aliphatic heterocycles. The fraction of sp³-hybridized carbons (Fsp3) is 0.467. The lowest BCUT2D eigenvalue weighted by atomic mass is 10.1. The van der Waals surface area contributed by atoms with Crippen LogP contribution in [0.4, 0.5) is 10.2 Å². The van der Waals surface area contributed by atoms with Crippen LogP contribution >= 0.6 is 0 Å². The summed E-state index contributed by atoms with van der Waals surface area (Å²) in [4.78, 5) is 4.22. The van der Waals surface area contributed by atoms with Gasteiger partial charge in [-0.25, -0.2) is 9.07 Å². The normalized spacial score (nSPS) is 27.8. The van der Waals surface area contributed by atoms with E-state index in [1.54, 1.807) is 6.07 Å². The maximum atomic E-state index is 13.0. The minimum Gasteiger partial charge on any atom is -0.370 e. The summed E-state index contributed by atoms with van der Waals surface area (Å²) in [6.45, 7) is 3.16. The highest BCUT2D eigenvalue weighted by molar-refractivity contribution is 5.42. The first kappa shape index (κ1) is 11.9. The number of aromatic nitrogens is 3. The van der Waals surface area contributed by atoms with Crippen LogP contribution in [0.15, 0.2) is 24.4 Å². The van der Waals surface area contributed by atoms with Crippen LogP contribution in [0.5, 0.6) is 0 Å². The Morgan fingerprint density at radius 3 is 2.90 bits per heavy atom. The van der Waals surface area contributed by atoms with Crippen LogP contribution in [0.25, 0.3) is 0 Å². The molecular weight excluding hydrogens is 255 g/mol. The summed E-state index contributed by atoms with van der Waals surface area (Å²) in [5.41, 5.74) is 2.06. The van der Waals surface area contributed by atoms with Crippen molar-refractivity contribution in [3.05, 3.63) is 41.6 Å². The van der Waals surface area contributed by atoms with E-state index in [4.69, 9.17) is 5.10 Å². The van der Waals surface area contributed by atoms with Gasteiger partial charge in [-0.1, -0.05) is 6.92 Å². The molecular formula is C15H17FN4. The second-order valence-corrected chi connectivity index (χ2v) is 5.85. The largest absolute Gasteiger partial charge is 0.370 e. The maximum absolute atomic E-state index is 13.0. The Morgan fingerprint density at radius 1 is 1.35 bits per heavy atom. The number of halogens is 1. The molecule has 0 saturated heterocycles. The van der Waals surface area contributed by atoms with Crippen molar-refractivity contribution in [2.45, 2.75) is 31.7 Å². The van der Waals surface area contributed by atoms with Crippen LogP contribution < -0.4 is 5.32 Å². The van der Waals surface area contributed by atoms with Gasteiger partial charge in [0.15, 0.2) is 0 Å². The molecule has 1 saturated carbocycles. The molecule has 2 aromatic heterocycles. The van der Waals surface area contributed by atoms with Crippen LogP contribution in [0, 0.1) is 11.7 Å². The molecule has 1 N–H and O–H groups in total. The number of fused-ring (bicyclic) bond motifs is 1. The maximum Gasteiger partial charge on any atom is 0.141 e. The monoisotopic (exact) mass is 272 g/mol. The summed E-state index contributed by atoms with van der Waals surface area (Å²) in [6.07, 6.45) is 3.44. The van der Waals surface area contributed by atoms with E-state index < -0.39 is 0 Å². The number of hydrogen-bond acceptors (Lipinski definition) is 3. The second kappa shape index (κ2) is 4.30. The molecule has 5 heteroatoms. The number of hydrogen-bond donors (Lipinski definition) is 1. The van der Waals surface area contributed by atoms with Gasteiger partial charge >= 0.3 is 0 Å². The lowest BCUT2D eigenvalue weighted by Gasteiger charge is -2.25. The summed E-state index contributed by atoms with van der Waals surface area (Å²) in [5.74, 6) is 2.11. The third-order valence-corrected chi connectivity index (χ3v) is 4.35. The lowest BCUT2D eigenvalue weighted by molar-refractivity contribution is 0.466. The van der Waals surface area contributed by atoms with Gasteiger partial charge in [0, 0.05) is 18.5 Å². The molecule has 4 rings (SSSR count). The summed E-state index contributed by atoms with van der Waals surface area (Å²) in [7, 11) is 0. The highest BCUT2D eigenvalue weighted by Crippen LogP contribution is 2.47. The summed E-state index contributed by atoms with van der Waals surface area (Å²) < 4.78 is 15.0. The Kier molecular flexibility index (Phi) is 2.55. The van der Waals surface area contributed by atoms with Crippen molar-refractivity contribution < 1.29 is 4.39 Å². The molecule has 20 heavy (non-hydrogen) atoms. The molecule has 1 fully saturated rings. The molecule has 3 heterocycles. The fourth-order valence-corrected chi connectivity index (χ4v) is 3.02. The third-order valence-electron chi connectivity index (χ3n) is 4.35. The van der Waals surface area contributed by atoms with E-state index in [9.17, 15) is 4.39 Å². The van der Waals surface area contributed by atoms with E-state index in [1.807, 2.05) is 4.68 Å². The van der Waals surface area contributed by atoms with E-state index in [-0.39, 0.29) is 11.9 Å². The Morgan fingerprint density at radius 2 is 2.20 bits per heavy atom. The van der Waals surface area contributed by atoms with E-state index in [0.717, 1.165) is 30.4 Å². The molecule has 3 unspecified atom stereocenters. The summed E-state index contributed by atoms with van der Waals surface area (Å²) in [5, 5.41) is 8.15. The smallest absolute Gasteiger partial charge is 0.141 e. The van der Waals surface area contributed by atoms with E-state index in [2.05, 4.69) is 23.3 Å². The van der Waals surface area contributed by atoms with Crippen molar-refractivity contribution in [3.63, 3.8) is 0 Å².